The lowest BCUT2D eigenvalue weighted by Gasteiger charge is -2.27. The number of alkyl halides is 6. The molecule has 0 aliphatic rings. The third-order valence-corrected chi connectivity index (χ3v) is 5.41. The van der Waals surface area contributed by atoms with E-state index in [1.54, 1.807) is 10.7 Å². The number of anilines is 1. The van der Waals surface area contributed by atoms with E-state index in [9.17, 15) is 35.9 Å². The molecule has 0 radical (unpaired) electrons. The van der Waals surface area contributed by atoms with Crippen molar-refractivity contribution in [1.29, 1.82) is 0 Å². The van der Waals surface area contributed by atoms with Crippen molar-refractivity contribution in [3.05, 3.63) is 46.6 Å². The number of nitrogens with zero attached hydrogens (tertiary/aromatic N) is 3. The van der Waals surface area contributed by atoms with Gasteiger partial charge in [-0.15, -0.1) is 0 Å². The predicted molar refractivity (Wildman–Crippen MR) is 127 cm³/mol. The van der Waals surface area contributed by atoms with Gasteiger partial charge >= 0.3 is 12.4 Å². The van der Waals surface area contributed by atoms with Crippen LogP contribution < -0.4 is 5.32 Å². The van der Waals surface area contributed by atoms with Crippen molar-refractivity contribution >= 4 is 17.6 Å². The standard InChI is InChI=1S/C25H32F6N4O2/c1-14(2)34(21(37)15-9-16(24(26,27)28)11-17(10-15)25(29,30)31)13-20(36)32-19-12-18(22(3,4)5)33-35(19)23(6,7)8/h9-12,14H,13H2,1-8H3,(H,32,36). The molecule has 1 aromatic carbocycles. The highest BCUT2D eigenvalue weighted by atomic mass is 19.4. The van der Waals surface area contributed by atoms with E-state index in [0.29, 0.717) is 23.6 Å². The first-order chi connectivity index (χ1) is 16.5. The van der Waals surface area contributed by atoms with Gasteiger partial charge in [-0.3, -0.25) is 9.59 Å². The van der Waals surface area contributed by atoms with Crippen molar-refractivity contribution in [2.24, 2.45) is 0 Å². The van der Waals surface area contributed by atoms with Crippen LogP contribution in [0, 0.1) is 0 Å². The first-order valence-electron chi connectivity index (χ1n) is 11.5. The van der Waals surface area contributed by atoms with Gasteiger partial charge in [-0.1, -0.05) is 20.8 Å². The topological polar surface area (TPSA) is 67.2 Å². The van der Waals surface area contributed by atoms with Gasteiger partial charge in [0.1, 0.15) is 12.4 Å². The van der Waals surface area contributed by atoms with Gasteiger partial charge in [0.2, 0.25) is 5.91 Å². The van der Waals surface area contributed by atoms with Crippen molar-refractivity contribution in [2.75, 3.05) is 11.9 Å². The number of carbonyl (C=O) groups excluding carboxylic acids is 2. The Morgan fingerprint density at radius 1 is 0.892 bits per heavy atom. The normalized spacial score (nSPS) is 13.2. The minimum Gasteiger partial charge on any atom is -0.327 e. The van der Waals surface area contributed by atoms with Gasteiger partial charge in [-0.25, -0.2) is 4.68 Å². The summed E-state index contributed by atoms with van der Waals surface area (Å²) in [6, 6.07) is 1.64. The number of benzene rings is 1. The number of amides is 2. The zero-order valence-corrected chi connectivity index (χ0v) is 22.0. The van der Waals surface area contributed by atoms with Crippen LogP contribution >= 0.6 is 0 Å². The summed E-state index contributed by atoms with van der Waals surface area (Å²) < 4.78 is 81.2. The highest BCUT2D eigenvalue weighted by Gasteiger charge is 2.38. The van der Waals surface area contributed by atoms with Crippen LogP contribution in [0.15, 0.2) is 24.3 Å². The molecule has 0 aliphatic carbocycles. The maximum atomic E-state index is 13.3. The SMILES string of the molecule is CC(C)N(CC(=O)Nc1cc(C(C)(C)C)nn1C(C)(C)C)C(=O)c1cc(C(F)(F)F)cc(C(F)(F)F)c1. The summed E-state index contributed by atoms with van der Waals surface area (Å²) in [7, 11) is 0. The number of carbonyl (C=O) groups is 2. The van der Waals surface area contributed by atoms with Crippen molar-refractivity contribution < 1.29 is 35.9 Å². The van der Waals surface area contributed by atoms with E-state index in [1.807, 2.05) is 41.5 Å². The molecule has 2 amide bonds. The highest BCUT2D eigenvalue weighted by molar-refractivity contribution is 5.99. The van der Waals surface area contributed by atoms with Crippen LogP contribution in [-0.4, -0.2) is 39.1 Å². The van der Waals surface area contributed by atoms with Gasteiger partial charge in [-0.05, 0) is 52.8 Å². The van der Waals surface area contributed by atoms with E-state index in [0.717, 1.165) is 4.90 Å². The molecule has 12 heteroatoms. The summed E-state index contributed by atoms with van der Waals surface area (Å²) in [4.78, 5) is 26.9. The Labute approximate surface area is 212 Å². The molecule has 1 aromatic heterocycles. The van der Waals surface area contributed by atoms with Crippen LogP contribution in [0.25, 0.3) is 0 Å². The van der Waals surface area contributed by atoms with E-state index in [-0.39, 0.29) is 11.5 Å². The molecule has 1 heterocycles. The van der Waals surface area contributed by atoms with E-state index in [1.165, 1.54) is 13.8 Å². The Hall–Kier alpha value is -3.05. The van der Waals surface area contributed by atoms with Gasteiger partial charge in [-0.2, -0.15) is 31.4 Å². The van der Waals surface area contributed by atoms with Gasteiger partial charge in [0.25, 0.3) is 5.91 Å². The molecule has 2 aromatic rings. The highest BCUT2D eigenvalue weighted by Crippen LogP contribution is 2.36. The zero-order chi connectivity index (χ0) is 28.7. The van der Waals surface area contributed by atoms with Crippen LogP contribution in [-0.2, 0) is 28.1 Å². The smallest absolute Gasteiger partial charge is 0.327 e. The lowest BCUT2D eigenvalue weighted by Crippen LogP contribution is -2.43. The van der Waals surface area contributed by atoms with Gasteiger partial charge in [0.15, 0.2) is 0 Å². The second-order valence-electron chi connectivity index (χ2n) is 11.1. The number of rotatable bonds is 5. The number of halogens is 6. The van der Waals surface area contributed by atoms with Crippen LogP contribution in [0.2, 0.25) is 0 Å². The molecule has 0 bridgehead atoms. The molecule has 0 fully saturated rings. The number of hydrogen-bond acceptors (Lipinski definition) is 3. The number of nitrogens with one attached hydrogen (secondary N) is 1. The zero-order valence-electron chi connectivity index (χ0n) is 22.0. The van der Waals surface area contributed by atoms with Crippen LogP contribution in [0.5, 0.6) is 0 Å². The third kappa shape index (κ3) is 7.48. The number of aromatic nitrogens is 2. The second-order valence-corrected chi connectivity index (χ2v) is 11.1. The Bertz CT molecular complexity index is 1120. The predicted octanol–water partition coefficient (Wildman–Crippen LogP) is 6.46. The van der Waals surface area contributed by atoms with Gasteiger partial charge in [0.05, 0.1) is 22.4 Å². The summed E-state index contributed by atoms with van der Waals surface area (Å²) in [5, 5.41) is 7.26. The Balaban J connectivity index is 2.42. The summed E-state index contributed by atoms with van der Waals surface area (Å²) in [6.07, 6.45) is -10.2. The van der Waals surface area contributed by atoms with Crippen molar-refractivity contribution in [3.63, 3.8) is 0 Å². The maximum Gasteiger partial charge on any atom is 0.416 e. The Kier molecular flexibility index (Phi) is 8.17. The Morgan fingerprint density at radius 2 is 1.38 bits per heavy atom. The molecule has 1 N–H and O–H groups in total. The molecule has 0 saturated carbocycles. The average Bonchev–Trinajstić information content (AvgIpc) is 3.14. The molecule has 0 aliphatic heterocycles. The average molecular weight is 535 g/mol. The van der Waals surface area contributed by atoms with E-state index in [4.69, 9.17) is 0 Å². The second kappa shape index (κ2) is 10.0. The summed E-state index contributed by atoms with van der Waals surface area (Å²) >= 11 is 0. The van der Waals surface area contributed by atoms with Crippen molar-refractivity contribution in [3.8, 4) is 0 Å². The molecule has 0 atom stereocenters. The molecule has 0 spiro atoms. The summed E-state index contributed by atoms with van der Waals surface area (Å²) in [5.41, 5.74) is -4.21. The van der Waals surface area contributed by atoms with Gasteiger partial charge in [0, 0.05) is 23.1 Å². The van der Waals surface area contributed by atoms with Crippen LogP contribution in [0.3, 0.4) is 0 Å². The fourth-order valence-corrected chi connectivity index (χ4v) is 3.42. The quantitative estimate of drug-likeness (QED) is 0.448. The van der Waals surface area contributed by atoms with Crippen molar-refractivity contribution in [1.82, 2.24) is 14.7 Å². The largest absolute Gasteiger partial charge is 0.416 e. The molecular formula is C25H32F6N4O2. The van der Waals surface area contributed by atoms with Crippen molar-refractivity contribution in [2.45, 2.75) is 84.7 Å². The fraction of sp³-hybridized carbons (Fsp3) is 0.560. The minimum absolute atomic E-state index is 0.0519. The fourth-order valence-electron chi connectivity index (χ4n) is 3.42. The Morgan fingerprint density at radius 3 is 1.76 bits per heavy atom. The summed E-state index contributed by atoms with van der Waals surface area (Å²) in [6.45, 7) is 13.8. The lowest BCUT2D eigenvalue weighted by molar-refractivity contribution is -0.143. The molecule has 2 rings (SSSR count). The minimum atomic E-state index is -5.10. The van der Waals surface area contributed by atoms with E-state index < -0.39 is 59.0 Å². The van der Waals surface area contributed by atoms with E-state index >= 15 is 0 Å². The van der Waals surface area contributed by atoms with Crippen LogP contribution in [0.1, 0.15) is 82.6 Å². The molecule has 37 heavy (non-hydrogen) atoms. The first kappa shape index (κ1) is 30.2. The molecule has 0 unspecified atom stereocenters. The number of hydrogen-bond donors (Lipinski definition) is 1. The van der Waals surface area contributed by atoms with Crippen LogP contribution in [0.4, 0.5) is 32.2 Å². The summed E-state index contributed by atoms with van der Waals surface area (Å²) in [5.74, 6) is -1.48. The first-order valence-corrected chi connectivity index (χ1v) is 11.5. The van der Waals surface area contributed by atoms with E-state index in [2.05, 4.69) is 10.4 Å². The van der Waals surface area contributed by atoms with Gasteiger partial charge < -0.3 is 10.2 Å². The molecule has 206 valence electrons. The lowest BCUT2D eigenvalue weighted by atomic mass is 9.92. The molecule has 6 nitrogen and oxygen atoms in total. The third-order valence-electron chi connectivity index (χ3n) is 5.41. The monoisotopic (exact) mass is 534 g/mol. The maximum absolute atomic E-state index is 13.3. The molecule has 0 saturated heterocycles. The molecular weight excluding hydrogens is 502 g/mol.